The highest BCUT2D eigenvalue weighted by Crippen LogP contribution is 2.18. The molecule has 1 N–H and O–H groups in total. The molecule has 0 saturated carbocycles. The number of nitrogens with zero attached hydrogens (tertiary/aromatic N) is 2. The molecule has 4 nitrogen and oxygen atoms in total. The number of nitrogens with one attached hydrogen (secondary N) is 1. The smallest absolute Gasteiger partial charge is 0.239 e. The predicted octanol–water partition coefficient (Wildman–Crippen LogP) is 0.539. The summed E-state index contributed by atoms with van der Waals surface area (Å²) in [6, 6.07) is 0.0700. The highest BCUT2D eigenvalue weighted by atomic mass is 16.2. The summed E-state index contributed by atoms with van der Waals surface area (Å²) in [5.74, 6) is 1.15. The fourth-order valence-electron chi connectivity index (χ4n) is 2.72. The predicted molar refractivity (Wildman–Crippen MR) is 68.9 cm³/mol. The van der Waals surface area contributed by atoms with E-state index in [0.29, 0.717) is 5.91 Å². The third-order valence-electron chi connectivity index (χ3n) is 4.15. The number of piperazine rings is 1. The Morgan fingerprint density at radius 1 is 1.18 bits per heavy atom. The van der Waals surface area contributed by atoms with Gasteiger partial charge >= 0.3 is 0 Å². The monoisotopic (exact) mass is 239 g/mol. The lowest BCUT2D eigenvalue weighted by molar-refractivity contribution is -0.137. The maximum absolute atomic E-state index is 12.3. The van der Waals surface area contributed by atoms with Crippen LogP contribution in [0.1, 0.15) is 26.7 Å². The van der Waals surface area contributed by atoms with Gasteiger partial charge in [-0.05, 0) is 38.8 Å². The molecule has 1 amide bonds. The summed E-state index contributed by atoms with van der Waals surface area (Å²) < 4.78 is 0. The van der Waals surface area contributed by atoms with Gasteiger partial charge in [0, 0.05) is 26.2 Å². The molecule has 1 unspecified atom stereocenters. The van der Waals surface area contributed by atoms with E-state index in [4.69, 9.17) is 0 Å². The average Bonchev–Trinajstić information content (AvgIpc) is 2.39. The van der Waals surface area contributed by atoms with Gasteiger partial charge in [0.25, 0.3) is 0 Å². The molecule has 2 fully saturated rings. The van der Waals surface area contributed by atoms with Gasteiger partial charge in [0.15, 0.2) is 0 Å². The Morgan fingerprint density at radius 2 is 1.76 bits per heavy atom. The number of likely N-dealkylation sites (tertiary alicyclic amines) is 1. The van der Waals surface area contributed by atoms with Crippen molar-refractivity contribution in [1.29, 1.82) is 0 Å². The zero-order chi connectivity index (χ0) is 12.3. The first-order chi connectivity index (χ1) is 8.18. The maximum atomic E-state index is 12.3. The Labute approximate surface area is 104 Å². The van der Waals surface area contributed by atoms with Crippen LogP contribution >= 0.6 is 0 Å². The Balaban J connectivity index is 1.85. The maximum Gasteiger partial charge on any atom is 0.239 e. The van der Waals surface area contributed by atoms with Crippen LogP contribution in [0.3, 0.4) is 0 Å². The van der Waals surface area contributed by atoms with E-state index >= 15 is 0 Å². The van der Waals surface area contributed by atoms with Gasteiger partial charge in [0.1, 0.15) is 0 Å². The minimum atomic E-state index is 0.0700. The molecule has 1 atom stereocenters. The van der Waals surface area contributed by atoms with Crippen molar-refractivity contribution < 1.29 is 4.79 Å². The Bertz CT molecular complexity index is 255. The largest absolute Gasteiger partial charge is 0.339 e. The van der Waals surface area contributed by atoms with Crippen molar-refractivity contribution in [3.8, 4) is 0 Å². The Hall–Kier alpha value is -0.610. The van der Waals surface area contributed by atoms with Crippen LogP contribution in [0, 0.1) is 5.92 Å². The van der Waals surface area contributed by atoms with Crippen LogP contribution in [0.4, 0.5) is 0 Å². The number of piperidine rings is 1. The molecule has 0 aromatic carbocycles. The van der Waals surface area contributed by atoms with Crippen LogP contribution < -0.4 is 5.32 Å². The number of rotatable bonds is 2. The quantitative estimate of drug-likeness (QED) is 0.764. The lowest BCUT2D eigenvalue weighted by Crippen LogP contribution is -2.54. The lowest BCUT2D eigenvalue weighted by Gasteiger charge is -2.37. The summed E-state index contributed by atoms with van der Waals surface area (Å²) in [6.45, 7) is 10.2. The summed E-state index contributed by atoms with van der Waals surface area (Å²) in [4.78, 5) is 16.7. The molecule has 0 bridgehead atoms. The first-order valence-electron chi connectivity index (χ1n) is 6.92. The van der Waals surface area contributed by atoms with E-state index in [1.165, 1.54) is 12.8 Å². The molecule has 2 aliphatic rings. The van der Waals surface area contributed by atoms with Gasteiger partial charge in [-0.25, -0.2) is 0 Å². The van der Waals surface area contributed by atoms with Crippen molar-refractivity contribution in [2.75, 3.05) is 39.3 Å². The van der Waals surface area contributed by atoms with Gasteiger partial charge in [-0.3, -0.25) is 9.69 Å². The van der Waals surface area contributed by atoms with Crippen LogP contribution in [-0.4, -0.2) is 61.0 Å². The van der Waals surface area contributed by atoms with E-state index in [1.807, 2.05) is 4.90 Å². The molecule has 0 aromatic rings. The molecular formula is C13H25N3O. The Morgan fingerprint density at radius 3 is 2.35 bits per heavy atom. The molecule has 98 valence electrons. The fourth-order valence-corrected chi connectivity index (χ4v) is 2.72. The molecule has 0 radical (unpaired) electrons. The van der Waals surface area contributed by atoms with Crippen LogP contribution in [-0.2, 0) is 4.79 Å². The van der Waals surface area contributed by atoms with Crippen molar-refractivity contribution >= 4 is 5.91 Å². The van der Waals surface area contributed by atoms with Gasteiger partial charge in [-0.15, -0.1) is 0 Å². The number of hydrogen-bond acceptors (Lipinski definition) is 3. The molecular weight excluding hydrogens is 214 g/mol. The topological polar surface area (TPSA) is 35.6 Å². The van der Waals surface area contributed by atoms with Gasteiger partial charge in [-0.1, -0.05) is 6.92 Å². The van der Waals surface area contributed by atoms with Crippen molar-refractivity contribution in [2.24, 2.45) is 5.92 Å². The fraction of sp³-hybridized carbons (Fsp3) is 0.923. The lowest BCUT2D eigenvalue weighted by atomic mass is 9.98. The molecule has 2 saturated heterocycles. The van der Waals surface area contributed by atoms with Crippen LogP contribution in [0.2, 0.25) is 0 Å². The number of hydrogen-bond donors (Lipinski definition) is 1. The Kier molecular flexibility index (Phi) is 4.40. The SMILES string of the molecule is CC1CCN(C(C)C(=O)N2CCNCC2)CC1. The third-order valence-corrected chi connectivity index (χ3v) is 4.15. The summed E-state index contributed by atoms with van der Waals surface area (Å²) in [7, 11) is 0. The normalized spacial score (nSPS) is 25.9. The molecule has 4 heteroatoms. The van der Waals surface area contributed by atoms with Crippen LogP contribution in [0.5, 0.6) is 0 Å². The second-order valence-corrected chi connectivity index (χ2v) is 5.47. The number of amides is 1. The molecule has 0 aliphatic carbocycles. The minimum absolute atomic E-state index is 0.0700. The highest BCUT2D eigenvalue weighted by molar-refractivity contribution is 5.81. The van der Waals surface area contributed by atoms with Crippen molar-refractivity contribution in [2.45, 2.75) is 32.7 Å². The van der Waals surface area contributed by atoms with Crippen LogP contribution in [0.15, 0.2) is 0 Å². The van der Waals surface area contributed by atoms with E-state index in [1.54, 1.807) is 0 Å². The van der Waals surface area contributed by atoms with Gasteiger partial charge in [0.2, 0.25) is 5.91 Å². The zero-order valence-electron chi connectivity index (χ0n) is 11.1. The molecule has 2 heterocycles. The third kappa shape index (κ3) is 3.19. The van der Waals surface area contributed by atoms with Crippen molar-refractivity contribution in [3.05, 3.63) is 0 Å². The van der Waals surface area contributed by atoms with E-state index in [0.717, 1.165) is 45.2 Å². The standard InChI is InChI=1S/C13H25N3O/c1-11-3-7-15(8-4-11)12(2)13(17)16-9-5-14-6-10-16/h11-12,14H,3-10H2,1-2H3. The van der Waals surface area contributed by atoms with Gasteiger partial charge in [0.05, 0.1) is 6.04 Å². The number of carbonyl (C=O) groups excluding carboxylic acids is 1. The second-order valence-electron chi connectivity index (χ2n) is 5.47. The summed E-state index contributed by atoms with van der Waals surface area (Å²) >= 11 is 0. The second kappa shape index (κ2) is 5.83. The van der Waals surface area contributed by atoms with E-state index < -0.39 is 0 Å². The minimum Gasteiger partial charge on any atom is -0.339 e. The summed E-state index contributed by atoms with van der Waals surface area (Å²) in [6.07, 6.45) is 2.47. The summed E-state index contributed by atoms with van der Waals surface area (Å²) in [5, 5.41) is 3.29. The van der Waals surface area contributed by atoms with E-state index in [-0.39, 0.29) is 6.04 Å². The first kappa shape index (κ1) is 12.8. The highest BCUT2D eigenvalue weighted by Gasteiger charge is 2.28. The first-order valence-corrected chi connectivity index (χ1v) is 6.92. The van der Waals surface area contributed by atoms with Gasteiger partial charge < -0.3 is 10.2 Å². The molecule has 17 heavy (non-hydrogen) atoms. The van der Waals surface area contributed by atoms with E-state index in [2.05, 4.69) is 24.1 Å². The van der Waals surface area contributed by atoms with Gasteiger partial charge in [-0.2, -0.15) is 0 Å². The molecule has 2 rings (SSSR count). The zero-order valence-corrected chi connectivity index (χ0v) is 11.1. The molecule has 2 aliphatic heterocycles. The molecule has 0 spiro atoms. The number of carbonyl (C=O) groups is 1. The van der Waals surface area contributed by atoms with E-state index in [9.17, 15) is 4.79 Å². The summed E-state index contributed by atoms with van der Waals surface area (Å²) in [5.41, 5.74) is 0. The van der Waals surface area contributed by atoms with Crippen molar-refractivity contribution in [3.63, 3.8) is 0 Å². The average molecular weight is 239 g/mol. The van der Waals surface area contributed by atoms with Crippen molar-refractivity contribution in [1.82, 2.24) is 15.1 Å². The van der Waals surface area contributed by atoms with Crippen LogP contribution in [0.25, 0.3) is 0 Å². The molecule has 0 aromatic heterocycles.